The van der Waals surface area contributed by atoms with Crippen molar-refractivity contribution < 1.29 is 18.7 Å². The van der Waals surface area contributed by atoms with Crippen LogP contribution in [0.3, 0.4) is 0 Å². The molecule has 1 fully saturated rings. The SMILES string of the molecule is O=C(Nc1ccc(F)c(Cl)c1)c1ccc(OC2CCOC2)nc1. The van der Waals surface area contributed by atoms with Gasteiger partial charge in [-0.05, 0) is 24.3 Å². The second-order valence-electron chi connectivity index (χ2n) is 5.07. The van der Waals surface area contributed by atoms with Crippen LogP contribution in [0.1, 0.15) is 16.8 Å². The summed E-state index contributed by atoms with van der Waals surface area (Å²) in [5.74, 6) is -0.457. The summed E-state index contributed by atoms with van der Waals surface area (Å²) in [6, 6.07) is 7.21. The van der Waals surface area contributed by atoms with E-state index in [1.165, 1.54) is 24.4 Å². The number of carbonyl (C=O) groups is 1. The topological polar surface area (TPSA) is 60.5 Å². The molecule has 0 bridgehead atoms. The first kappa shape index (κ1) is 15.7. The van der Waals surface area contributed by atoms with E-state index >= 15 is 0 Å². The van der Waals surface area contributed by atoms with Crippen molar-refractivity contribution in [1.82, 2.24) is 4.98 Å². The van der Waals surface area contributed by atoms with Gasteiger partial charge in [-0.1, -0.05) is 11.6 Å². The molecular weight excluding hydrogens is 323 g/mol. The van der Waals surface area contributed by atoms with Gasteiger partial charge in [0.25, 0.3) is 5.91 Å². The Labute approximate surface area is 137 Å². The molecule has 0 aliphatic carbocycles. The van der Waals surface area contributed by atoms with Crippen LogP contribution in [0.15, 0.2) is 36.5 Å². The molecule has 1 amide bonds. The largest absolute Gasteiger partial charge is 0.472 e. The van der Waals surface area contributed by atoms with Crippen LogP contribution < -0.4 is 10.1 Å². The average molecular weight is 337 g/mol. The minimum Gasteiger partial charge on any atom is -0.472 e. The molecule has 1 N–H and O–H groups in total. The predicted octanol–water partition coefficient (Wildman–Crippen LogP) is 3.29. The van der Waals surface area contributed by atoms with Crippen molar-refractivity contribution in [2.24, 2.45) is 0 Å². The lowest BCUT2D eigenvalue weighted by Gasteiger charge is -2.11. The van der Waals surface area contributed by atoms with Gasteiger partial charge in [0.15, 0.2) is 0 Å². The number of benzene rings is 1. The van der Waals surface area contributed by atoms with E-state index in [-0.39, 0.29) is 17.0 Å². The van der Waals surface area contributed by atoms with Gasteiger partial charge in [-0.2, -0.15) is 0 Å². The van der Waals surface area contributed by atoms with Crippen LogP contribution in [0.4, 0.5) is 10.1 Å². The fourth-order valence-corrected chi connectivity index (χ4v) is 2.32. The molecular formula is C16H14ClFN2O3. The van der Waals surface area contributed by atoms with Crippen LogP contribution in [0, 0.1) is 5.82 Å². The quantitative estimate of drug-likeness (QED) is 0.930. The molecule has 1 saturated heterocycles. The maximum absolute atomic E-state index is 13.1. The maximum Gasteiger partial charge on any atom is 0.257 e. The van der Waals surface area contributed by atoms with E-state index in [9.17, 15) is 9.18 Å². The molecule has 2 heterocycles. The Balaban J connectivity index is 1.63. The van der Waals surface area contributed by atoms with Gasteiger partial charge in [0.1, 0.15) is 11.9 Å². The zero-order valence-electron chi connectivity index (χ0n) is 12.1. The van der Waals surface area contributed by atoms with Gasteiger partial charge < -0.3 is 14.8 Å². The highest BCUT2D eigenvalue weighted by molar-refractivity contribution is 6.31. The second kappa shape index (κ2) is 6.93. The summed E-state index contributed by atoms with van der Waals surface area (Å²) >= 11 is 5.68. The molecule has 0 radical (unpaired) electrons. The summed E-state index contributed by atoms with van der Waals surface area (Å²) in [5.41, 5.74) is 0.769. The highest BCUT2D eigenvalue weighted by Gasteiger charge is 2.18. The Hall–Kier alpha value is -2.18. The van der Waals surface area contributed by atoms with Gasteiger partial charge in [0.2, 0.25) is 5.88 Å². The standard InChI is InChI=1S/C16H14ClFN2O3/c17-13-7-11(2-3-14(13)18)20-16(21)10-1-4-15(19-8-10)23-12-5-6-22-9-12/h1-4,7-8,12H,5-6,9H2,(H,20,21). The fraction of sp³-hybridized carbons (Fsp3) is 0.250. The minimum atomic E-state index is -0.538. The number of amides is 1. The van der Waals surface area contributed by atoms with Gasteiger partial charge in [-0.25, -0.2) is 9.37 Å². The lowest BCUT2D eigenvalue weighted by Crippen LogP contribution is -2.17. The first-order chi connectivity index (χ1) is 11.1. The van der Waals surface area contributed by atoms with Crippen molar-refractivity contribution in [1.29, 1.82) is 0 Å². The van der Waals surface area contributed by atoms with Gasteiger partial charge in [0.05, 0.1) is 23.8 Å². The molecule has 1 aliphatic heterocycles. The van der Waals surface area contributed by atoms with Crippen LogP contribution in [-0.2, 0) is 4.74 Å². The van der Waals surface area contributed by atoms with Gasteiger partial charge in [-0.3, -0.25) is 4.79 Å². The number of hydrogen-bond acceptors (Lipinski definition) is 4. The highest BCUT2D eigenvalue weighted by Crippen LogP contribution is 2.20. The monoisotopic (exact) mass is 336 g/mol. The molecule has 0 spiro atoms. The second-order valence-corrected chi connectivity index (χ2v) is 5.48. The molecule has 7 heteroatoms. The van der Waals surface area contributed by atoms with Crippen molar-refractivity contribution in [2.45, 2.75) is 12.5 Å². The Kier molecular flexibility index (Phi) is 4.73. The number of carbonyl (C=O) groups excluding carboxylic acids is 1. The number of nitrogens with zero attached hydrogens (tertiary/aromatic N) is 1. The summed E-state index contributed by atoms with van der Waals surface area (Å²) < 4.78 is 23.9. The molecule has 1 aromatic heterocycles. The Bertz CT molecular complexity index is 703. The summed E-state index contributed by atoms with van der Waals surface area (Å²) in [4.78, 5) is 16.2. The molecule has 120 valence electrons. The van der Waals surface area contributed by atoms with Crippen LogP contribution in [-0.4, -0.2) is 30.2 Å². The summed E-state index contributed by atoms with van der Waals surface area (Å²) in [6.07, 6.45) is 2.25. The molecule has 1 aromatic carbocycles. The molecule has 1 unspecified atom stereocenters. The van der Waals surface area contributed by atoms with E-state index in [2.05, 4.69) is 10.3 Å². The number of ether oxygens (including phenoxy) is 2. The van der Waals surface area contributed by atoms with E-state index in [0.29, 0.717) is 30.3 Å². The van der Waals surface area contributed by atoms with Crippen LogP contribution in [0.2, 0.25) is 5.02 Å². The Morgan fingerprint density at radius 2 is 2.26 bits per heavy atom. The first-order valence-electron chi connectivity index (χ1n) is 7.08. The molecule has 23 heavy (non-hydrogen) atoms. The van der Waals surface area contributed by atoms with Gasteiger partial charge in [-0.15, -0.1) is 0 Å². The molecule has 1 aliphatic rings. The van der Waals surface area contributed by atoms with Crippen molar-refractivity contribution in [3.63, 3.8) is 0 Å². The summed E-state index contributed by atoms with van der Waals surface area (Å²) in [6.45, 7) is 1.24. The molecule has 0 saturated carbocycles. The third-order valence-electron chi connectivity index (χ3n) is 3.35. The molecule has 2 aromatic rings. The molecule has 5 nitrogen and oxygen atoms in total. The number of pyridine rings is 1. The third kappa shape index (κ3) is 3.97. The number of hydrogen-bond donors (Lipinski definition) is 1. The van der Waals surface area contributed by atoms with E-state index in [0.717, 1.165) is 6.42 Å². The molecule has 1 atom stereocenters. The maximum atomic E-state index is 13.1. The normalized spacial score (nSPS) is 17.0. The van der Waals surface area contributed by atoms with Crippen LogP contribution in [0.5, 0.6) is 5.88 Å². The van der Waals surface area contributed by atoms with Crippen LogP contribution >= 0.6 is 11.6 Å². The summed E-state index contributed by atoms with van der Waals surface area (Å²) in [7, 11) is 0. The van der Waals surface area contributed by atoms with Gasteiger partial charge >= 0.3 is 0 Å². The smallest absolute Gasteiger partial charge is 0.257 e. The number of nitrogens with one attached hydrogen (secondary N) is 1. The zero-order valence-corrected chi connectivity index (χ0v) is 12.8. The van der Waals surface area contributed by atoms with Crippen molar-refractivity contribution in [2.75, 3.05) is 18.5 Å². The zero-order chi connectivity index (χ0) is 16.2. The Morgan fingerprint density at radius 3 is 2.91 bits per heavy atom. The highest BCUT2D eigenvalue weighted by atomic mass is 35.5. The van der Waals surface area contributed by atoms with Crippen molar-refractivity contribution >= 4 is 23.2 Å². The number of rotatable bonds is 4. The lowest BCUT2D eigenvalue weighted by atomic mass is 10.2. The van der Waals surface area contributed by atoms with Crippen LogP contribution in [0.25, 0.3) is 0 Å². The number of anilines is 1. The fourth-order valence-electron chi connectivity index (χ4n) is 2.14. The van der Waals surface area contributed by atoms with Crippen molar-refractivity contribution in [3.05, 3.63) is 52.9 Å². The summed E-state index contributed by atoms with van der Waals surface area (Å²) in [5, 5.41) is 2.58. The third-order valence-corrected chi connectivity index (χ3v) is 3.64. The van der Waals surface area contributed by atoms with E-state index in [4.69, 9.17) is 21.1 Å². The average Bonchev–Trinajstić information content (AvgIpc) is 3.04. The minimum absolute atomic E-state index is 0.00327. The first-order valence-corrected chi connectivity index (χ1v) is 7.46. The lowest BCUT2D eigenvalue weighted by molar-refractivity contribution is 0.102. The predicted molar refractivity (Wildman–Crippen MR) is 83.5 cm³/mol. The van der Waals surface area contributed by atoms with Gasteiger partial charge in [0, 0.05) is 24.4 Å². The number of halogens is 2. The molecule has 3 rings (SSSR count). The van der Waals surface area contributed by atoms with E-state index < -0.39 is 5.82 Å². The number of aromatic nitrogens is 1. The Morgan fingerprint density at radius 1 is 1.39 bits per heavy atom. The van der Waals surface area contributed by atoms with E-state index in [1.54, 1.807) is 12.1 Å². The van der Waals surface area contributed by atoms with Crippen molar-refractivity contribution in [3.8, 4) is 5.88 Å². The van der Waals surface area contributed by atoms with E-state index in [1.807, 2.05) is 0 Å².